The van der Waals surface area contributed by atoms with Gasteiger partial charge in [-0.2, -0.15) is 0 Å². The summed E-state index contributed by atoms with van der Waals surface area (Å²) in [5.41, 5.74) is 3.27. The highest BCUT2D eigenvalue weighted by Crippen LogP contribution is 2.41. The van der Waals surface area contributed by atoms with Crippen LogP contribution in [0.25, 0.3) is 28.2 Å². The summed E-state index contributed by atoms with van der Waals surface area (Å²) in [6, 6.07) is 13.8. The Morgan fingerprint density at radius 2 is 1.39 bits per heavy atom. The summed E-state index contributed by atoms with van der Waals surface area (Å²) in [7, 11) is 4.69. The van der Waals surface area contributed by atoms with Gasteiger partial charge in [0.25, 0.3) is 0 Å². The second kappa shape index (κ2) is 7.19. The first kappa shape index (κ1) is 17.8. The van der Waals surface area contributed by atoms with E-state index in [1.807, 2.05) is 34.9 Å². The summed E-state index contributed by atoms with van der Waals surface area (Å²) < 4.78 is 31.4. The van der Waals surface area contributed by atoms with Gasteiger partial charge in [-0.1, -0.05) is 12.1 Å². The van der Waals surface area contributed by atoms with E-state index < -0.39 is 0 Å². The molecular weight excluding hydrogens is 361 g/mol. The van der Waals surface area contributed by atoms with Crippen molar-refractivity contribution in [2.45, 2.75) is 0 Å². The van der Waals surface area contributed by atoms with Crippen molar-refractivity contribution < 1.29 is 18.6 Å². The molecule has 0 aliphatic carbocycles. The van der Waals surface area contributed by atoms with Crippen LogP contribution in [-0.4, -0.2) is 35.9 Å². The molecular formula is C21H18FN3O3. The van der Waals surface area contributed by atoms with Crippen LogP contribution < -0.4 is 14.2 Å². The van der Waals surface area contributed by atoms with Crippen LogP contribution in [-0.2, 0) is 0 Å². The van der Waals surface area contributed by atoms with Crippen LogP contribution in [0.2, 0.25) is 0 Å². The van der Waals surface area contributed by atoms with E-state index in [9.17, 15) is 4.39 Å². The van der Waals surface area contributed by atoms with Crippen molar-refractivity contribution in [2.75, 3.05) is 21.3 Å². The SMILES string of the molecule is COc1cc(-c2nnc3ccc(-c4ccc(F)cc4)cn23)cc(OC)c1OC. The summed E-state index contributed by atoms with van der Waals surface area (Å²) in [4.78, 5) is 0. The molecule has 6 nitrogen and oxygen atoms in total. The molecule has 0 amide bonds. The van der Waals surface area contributed by atoms with Crippen LogP contribution in [0.4, 0.5) is 4.39 Å². The third-order valence-electron chi connectivity index (χ3n) is 4.50. The molecule has 0 saturated heterocycles. The van der Waals surface area contributed by atoms with Gasteiger partial charge < -0.3 is 14.2 Å². The summed E-state index contributed by atoms with van der Waals surface area (Å²) in [6.07, 6.45) is 1.92. The number of rotatable bonds is 5. The Kier molecular flexibility index (Phi) is 4.57. The molecule has 142 valence electrons. The maximum Gasteiger partial charge on any atom is 0.203 e. The van der Waals surface area contributed by atoms with E-state index >= 15 is 0 Å². The molecule has 0 radical (unpaired) electrons. The molecule has 28 heavy (non-hydrogen) atoms. The second-order valence-electron chi connectivity index (χ2n) is 6.09. The van der Waals surface area contributed by atoms with Crippen molar-refractivity contribution in [2.24, 2.45) is 0 Å². The van der Waals surface area contributed by atoms with Gasteiger partial charge in [-0.05, 0) is 47.5 Å². The Morgan fingerprint density at radius 3 is 2.00 bits per heavy atom. The molecule has 2 aromatic heterocycles. The first-order valence-corrected chi connectivity index (χ1v) is 8.55. The van der Waals surface area contributed by atoms with Gasteiger partial charge in [-0.25, -0.2) is 4.39 Å². The lowest BCUT2D eigenvalue weighted by molar-refractivity contribution is 0.324. The molecule has 0 N–H and O–H groups in total. The van der Waals surface area contributed by atoms with Gasteiger partial charge in [0.2, 0.25) is 5.75 Å². The fourth-order valence-electron chi connectivity index (χ4n) is 3.11. The predicted octanol–water partition coefficient (Wildman–Crippen LogP) is 4.23. The summed E-state index contributed by atoms with van der Waals surface area (Å²) in [6.45, 7) is 0. The van der Waals surface area contributed by atoms with E-state index in [1.165, 1.54) is 12.1 Å². The van der Waals surface area contributed by atoms with Crippen LogP contribution in [0, 0.1) is 5.82 Å². The number of hydrogen-bond acceptors (Lipinski definition) is 5. The van der Waals surface area contributed by atoms with E-state index in [-0.39, 0.29) is 5.82 Å². The normalized spacial score (nSPS) is 10.9. The monoisotopic (exact) mass is 379 g/mol. The minimum atomic E-state index is -0.271. The molecule has 0 spiro atoms. The molecule has 0 saturated carbocycles. The van der Waals surface area contributed by atoms with E-state index in [4.69, 9.17) is 14.2 Å². The number of methoxy groups -OCH3 is 3. The number of fused-ring (bicyclic) bond motifs is 1. The average molecular weight is 379 g/mol. The zero-order valence-corrected chi connectivity index (χ0v) is 15.6. The highest BCUT2D eigenvalue weighted by molar-refractivity contribution is 5.70. The highest BCUT2D eigenvalue weighted by atomic mass is 19.1. The van der Waals surface area contributed by atoms with E-state index in [2.05, 4.69) is 10.2 Å². The molecule has 0 atom stereocenters. The van der Waals surface area contributed by atoms with Crippen LogP contribution >= 0.6 is 0 Å². The van der Waals surface area contributed by atoms with Crippen LogP contribution in [0.15, 0.2) is 54.7 Å². The number of ether oxygens (including phenoxy) is 3. The lowest BCUT2D eigenvalue weighted by Gasteiger charge is -2.13. The van der Waals surface area contributed by atoms with Crippen molar-refractivity contribution in [3.63, 3.8) is 0 Å². The van der Waals surface area contributed by atoms with E-state index in [0.29, 0.717) is 28.7 Å². The smallest absolute Gasteiger partial charge is 0.203 e. The van der Waals surface area contributed by atoms with Crippen LogP contribution in [0.1, 0.15) is 0 Å². The van der Waals surface area contributed by atoms with Crippen molar-refractivity contribution in [1.29, 1.82) is 0 Å². The number of pyridine rings is 1. The molecule has 0 aliphatic rings. The number of aromatic nitrogens is 3. The Labute approximate surface area is 161 Å². The number of hydrogen-bond donors (Lipinski definition) is 0. The van der Waals surface area contributed by atoms with Crippen molar-refractivity contribution in [3.05, 3.63) is 60.5 Å². The largest absolute Gasteiger partial charge is 0.493 e. The minimum Gasteiger partial charge on any atom is -0.493 e. The van der Waals surface area contributed by atoms with Gasteiger partial charge in [0, 0.05) is 11.8 Å². The Bertz CT molecular complexity index is 1110. The third-order valence-corrected chi connectivity index (χ3v) is 4.50. The Morgan fingerprint density at radius 1 is 0.750 bits per heavy atom. The van der Waals surface area contributed by atoms with Gasteiger partial charge in [-0.15, -0.1) is 10.2 Å². The van der Waals surface area contributed by atoms with Gasteiger partial charge in [0.05, 0.1) is 21.3 Å². The molecule has 2 heterocycles. The van der Waals surface area contributed by atoms with E-state index in [0.717, 1.165) is 16.7 Å². The third kappa shape index (κ3) is 3.00. The fourth-order valence-corrected chi connectivity index (χ4v) is 3.11. The Hall–Kier alpha value is -3.61. The molecule has 7 heteroatoms. The number of benzene rings is 2. The van der Waals surface area contributed by atoms with Crippen LogP contribution in [0.3, 0.4) is 0 Å². The zero-order chi connectivity index (χ0) is 19.7. The maximum atomic E-state index is 13.2. The van der Waals surface area contributed by atoms with Gasteiger partial charge in [0.1, 0.15) is 5.82 Å². The van der Waals surface area contributed by atoms with Gasteiger partial charge in [-0.3, -0.25) is 4.40 Å². The number of halogens is 1. The molecule has 4 aromatic rings. The van der Waals surface area contributed by atoms with Crippen molar-refractivity contribution >= 4 is 5.65 Å². The summed E-state index contributed by atoms with van der Waals surface area (Å²) >= 11 is 0. The van der Waals surface area contributed by atoms with Crippen LogP contribution in [0.5, 0.6) is 17.2 Å². The molecule has 0 bridgehead atoms. The first-order valence-electron chi connectivity index (χ1n) is 8.55. The summed E-state index contributed by atoms with van der Waals surface area (Å²) in [5, 5.41) is 8.56. The topological polar surface area (TPSA) is 57.9 Å². The lowest BCUT2D eigenvalue weighted by atomic mass is 10.1. The van der Waals surface area contributed by atoms with Crippen molar-refractivity contribution in [1.82, 2.24) is 14.6 Å². The molecule has 0 unspecified atom stereocenters. The minimum absolute atomic E-state index is 0.271. The molecule has 2 aromatic carbocycles. The predicted molar refractivity (Wildman–Crippen MR) is 103 cm³/mol. The highest BCUT2D eigenvalue weighted by Gasteiger charge is 2.17. The average Bonchev–Trinajstić information content (AvgIpc) is 3.16. The zero-order valence-electron chi connectivity index (χ0n) is 15.6. The number of nitrogens with zero attached hydrogens (tertiary/aromatic N) is 3. The Balaban J connectivity index is 1.87. The van der Waals surface area contributed by atoms with Gasteiger partial charge >= 0.3 is 0 Å². The summed E-state index contributed by atoms with van der Waals surface area (Å²) in [5.74, 6) is 1.92. The quantitative estimate of drug-likeness (QED) is 0.519. The molecule has 0 fully saturated rings. The fraction of sp³-hybridized carbons (Fsp3) is 0.143. The maximum absolute atomic E-state index is 13.2. The van der Waals surface area contributed by atoms with Gasteiger partial charge in [0.15, 0.2) is 23.0 Å². The standard InChI is InChI=1S/C21H18FN3O3/c1-26-17-10-15(11-18(27-2)20(17)28-3)21-24-23-19-9-6-14(12-25(19)21)13-4-7-16(22)8-5-13/h4-12H,1-3H3. The van der Waals surface area contributed by atoms with Crippen molar-refractivity contribution in [3.8, 4) is 39.8 Å². The van der Waals surface area contributed by atoms with E-state index in [1.54, 1.807) is 33.5 Å². The second-order valence-corrected chi connectivity index (χ2v) is 6.09. The lowest BCUT2D eigenvalue weighted by Crippen LogP contribution is -1.97. The molecule has 0 aliphatic heterocycles. The first-order chi connectivity index (χ1) is 13.6. The molecule has 4 rings (SSSR count).